The number of para-hydroxylation sites is 1. The van der Waals surface area contributed by atoms with Gasteiger partial charge in [0.25, 0.3) is 0 Å². The number of methoxy groups -OCH3 is 1. The van der Waals surface area contributed by atoms with Crippen molar-refractivity contribution < 1.29 is 9.84 Å². The van der Waals surface area contributed by atoms with Crippen molar-refractivity contribution in [1.29, 1.82) is 0 Å². The second kappa shape index (κ2) is 10.7. The lowest BCUT2D eigenvalue weighted by Gasteiger charge is -2.35. The van der Waals surface area contributed by atoms with Crippen LogP contribution in [-0.2, 0) is 0 Å². The number of nitrogens with zero attached hydrogens (tertiary/aromatic N) is 1. The number of rotatable bonds is 6. The smallest absolute Gasteiger partial charge is 0.162 e. The standard InChI is InChI=1S/C16H24N2O2.2ClH/c1-3-4-7-14(18-11-9-17-10-12-18)13-6-5-8-15(20-2)16(13)19;;/h3,5-6,8,14,17,19H,1,4,7,9-12H2,2H3;2*1H/t14-;;/m1../s1. The van der Waals surface area contributed by atoms with Gasteiger partial charge in [0.15, 0.2) is 11.5 Å². The van der Waals surface area contributed by atoms with Gasteiger partial charge in [-0.15, -0.1) is 31.4 Å². The SMILES string of the molecule is C=CCC[C@H](c1cccc(OC)c1O)N1CCNCC1.Cl.Cl. The zero-order valence-corrected chi connectivity index (χ0v) is 14.6. The summed E-state index contributed by atoms with van der Waals surface area (Å²) in [6, 6.07) is 5.94. The molecule has 1 aliphatic heterocycles. The number of ether oxygens (including phenoxy) is 1. The van der Waals surface area contributed by atoms with Crippen LogP contribution < -0.4 is 10.1 Å². The molecule has 0 saturated carbocycles. The molecule has 2 rings (SSSR count). The van der Waals surface area contributed by atoms with Crippen molar-refractivity contribution in [2.24, 2.45) is 0 Å². The Morgan fingerprint density at radius 3 is 2.64 bits per heavy atom. The summed E-state index contributed by atoms with van der Waals surface area (Å²) in [7, 11) is 1.59. The summed E-state index contributed by atoms with van der Waals surface area (Å²) in [4.78, 5) is 2.43. The van der Waals surface area contributed by atoms with Gasteiger partial charge in [-0.3, -0.25) is 4.90 Å². The van der Waals surface area contributed by atoms with Gasteiger partial charge in [-0.25, -0.2) is 0 Å². The van der Waals surface area contributed by atoms with Gasteiger partial charge in [-0.2, -0.15) is 0 Å². The Labute approximate surface area is 145 Å². The third kappa shape index (κ3) is 5.06. The number of nitrogens with one attached hydrogen (secondary N) is 1. The minimum absolute atomic E-state index is 0. The number of piperazine rings is 1. The van der Waals surface area contributed by atoms with Crippen molar-refractivity contribution in [3.8, 4) is 11.5 Å². The predicted molar refractivity (Wildman–Crippen MR) is 95.8 cm³/mol. The first kappa shape index (κ1) is 21.1. The lowest BCUT2D eigenvalue weighted by Crippen LogP contribution is -2.45. The van der Waals surface area contributed by atoms with E-state index in [9.17, 15) is 5.11 Å². The van der Waals surface area contributed by atoms with E-state index in [0.717, 1.165) is 44.6 Å². The van der Waals surface area contributed by atoms with Crippen LogP contribution in [0.1, 0.15) is 24.4 Å². The monoisotopic (exact) mass is 348 g/mol. The van der Waals surface area contributed by atoms with Crippen LogP contribution in [0.5, 0.6) is 11.5 Å². The number of phenols is 1. The van der Waals surface area contributed by atoms with Crippen molar-refractivity contribution in [2.75, 3.05) is 33.3 Å². The third-order valence-corrected chi connectivity index (χ3v) is 3.85. The summed E-state index contributed by atoms with van der Waals surface area (Å²) in [5.41, 5.74) is 0.952. The molecule has 22 heavy (non-hydrogen) atoms. The molecule has 0 aromatic heterocycles. The van der Waals surface area contributed by atoms with Gasteiger partial charge in [0, 0.05) is 37.8 Å². The summed E-state index contributed by atoms with van der Waals surface area (Å²) in [6.45, 7) is 7.80. The van der Waals surface area contributed by atoms with E-state index in [1.165, 1.54) is 0 Å². The van der Waals surface area contributed by atoms with E-state index in [2.05, 4.69) is 16.8 Å². The molecule has 1 aromatic carbocycles. The highest BCUT2D eigenvalue weighted by Crippen LogP contribution is 2.38. The van der Waals surface area contributed by atoms with Crippen molar-refractivity contribution >= 4 is 24.8 Å². The minimum atomic E-state index is 0. The number of benzene rings is 1. The molecule has 6 heteroatoms. The van der Waals surface area contributed by atoms with Crippen LogP contribution >= 0.6 is 24.8 Å². The summed E-state index contributed by atoms with van der Waals surface area (Å²) in [5.74, 6) is 0.809. The Hall–Kier alpha value is -0.940. The molecule has 1 heterocycles. The molecule has 1 aromatic rings. The lowest BCUT2D eigenvalue weighted by molar-refractivity contribution is 0.163. The Morgan fingerprint density at radius 1 is 1.36 bits per heavy atom. The molecule has 1 saturated heterocycles. The van der Waals surface area contributed by atoms with Gasteiger partial charge in [-0.05, 0) is 18.9 Å². The van der Waals surface area contributed by atoms with E-state index in [0.29, 0.717) is 5.75 Å². The largest absolute Gasteiger partial charge is 0.504 e. The zero-order valence-electron chi connectivity index (χ0n) is 13.0. The number of hydrogen-bond acceptors (Lipinski definition) is 4. The summed E-state index contributed by atoms with van der Waals surface area (Å²) in [5, 5.41) is 13.8. The maximum Gasteiger partial charge on any atom is 0.162 e. The molecule has 1 atom stereocenters. The second-order valence-corrected chi connectivity index (χ2v) is 5.07. The van der Waals surface area contributed by atoms with E-state index < -0.39 is 0 Å². The van der Waals surface area contributed by atoms with E-state index in [1.807, 2.05) is 18.2 Å². The lowest BCUT2D eigenvalue weighted by atomic mass is 9.98. The van der Waals surface area contributed by atoms with E-state index in [-0.39, 0.29) is 36.6 Å². The first-order valence-electron chi connectivity index (χ1n) is 7.19. The molecule has 2 N–H and O–H groups in total. The summed E-state index contributed by atoms with van der Waals surface area (Å²) < 4.78 is 5.23. The Bertz CT molecular complexity index is 452. The maximum atomic E-state index is 10.4. The van der Waals surface area contributed by atoms with E-state index in [1.54, 1.807) is 13.2 Å². The molecule has 0 unspecified atom stereocenters. The third-order valence-electron chi connectivity index (χ3n) is 3.85. The molecule has 0 radical (unpaired) electrons. The quantitative estimate of drug-likeness (QED) is 0.775. The van der Waals surface area contributed by atoms with Crippen LogP contribution in [0.2, 0.25) is 0 Å². The molecule has 0 amide bonds. The molecule has 126 valence electrons. The highest BCUT2D eigenvalue weighted by Gasteiger charge is 2.24. The molecule has 1 aliphatic rings. The van der Waals surface area contributed by atoms with Crippen LogP contribution in [0.3, 0.4) is 0 Å². The Morgan fingerprint density at radius 2 is 2.05 bits per heavy atom. The topological polar surface area (TPSA) is 44.7 Å². The minimum Gasteiger partial charge on any atom is -0.504 e. The fraction of sp³-hybridized carbons (Fsp3) is 0.500. The molecular weight excluding hydrogens is 323 g/mol. The highest BCUT2D eigenvalue weighted by molar-refractivity contribution is 5.85. The number of aromatic hydroxyl groups is 1. The number of halogens is 2. The van der Waals surface area contributed by atoms with Gasteiger partial charge in [0.05, 0.1) is 7.11 Å². The van der Waals surface area contributed by atoms with E-state index in [4.69, 9.17) is 4.74 Å². The van der Waals surface area contributed by atoms with Crippen LogP contribution in [0.15, 0.2) is 30.9 Å². The normalized spacial score (nSPS) is 16.0. The number of phenolic OH excluding ortho intramolecular Hbond substituents is 1. The van der Waals surface area contributed by atoms with Gasteiger partial charge in [0.2, 0.25) is 0 Å². The van der Waals surface area contributed by atoms with Gasteiger partial charge in [-0.1, -0.05) is 18.2 Å². The molecule has 4 nitrogen and oxygen atoms in total. The molecule has 1 fully saturated rings. The van der Waals surface area contributed by atoms with Crippen molar-refractivity contribution in [3.63, 3.8) is 0 Å². The average molecular weight is 349 g/mol. The first-order valence-corrected chi connectivity index (χ1v) is 7.19. The second-order valence-electron chi connectivity index (χ2n) is 5.07. The molecular formula is C16H26Cl2N2O2. The molecule has 0 bridgehead atoms. The number of allylic oxidation sites excluding steroid dienone is 1. The molecule has 0 aliphatic carbocycles. The van der Waals surface area contributed by atoms with Gasteiger partial charge >= 0.3 is 0 Å². The summed E-state index contributed by atoms with van der Waals surface area (Å²) >= 11 is 0. The fourth-order valence-corrected chi connectivity index (χ4v) is 2.78. The first-order chi connectivity index (χ1) is 9.77. The van der Waals surface area contributed by atoms with Crippen LogP contribution in [0.4, 0.5) is 0 Å². The van der Waals surface area contributed by atoms with E-state index >= 15 is 0 Å². The van der Waals surface area contributed by atoms with Gasteiger partial charge in [0.1, 0.15) is 0 Å². The maximum absolute atomic E-state index is 10.4. The van der Waals surface area contributed by atoms with Crippen LogP contribution in [0, 0.1) is 0 Å². The summed E-state index contributed by atoms with van der Waals surface area (Å²) in [6.07, 6.45) is 3.84. The van der Waals surface area contributed by atoms with Crippen molar-refractivity contribution in [1.82, 2.24) is 10.2 Å². The molecule has 0 spiro atoms. The zero-order chi connectivity index (χ0) is 14.4. The fourth-order valence-electron chi connectivity index (χ4n) is 2.78. The predicted octanol–water partition coefficient (Wildman–Crippen LogP) is 3.16. The number of hydrogen-bond donors (Lipinski definition) is 2. The van der Waals surface area contributed by atoms with Crippen molar-refractivity contribution in [2.45, 2.75) is 18.9 Å². The Balaban J connectivity index is 0.00000220. The van der Waals surface area contributed by atoms with Gasteiger partial charge < -0.3 is 15.2 Å². The average Bonchev–Trinajstić information content (AvgIpc) is 2.50. The van der Waals surface area contributed by atoms with Crippen molar-refractivity contribution in [3.05, 3.63) is 36.4 Å². The van der Waals surface area contributed by atoms with Crippen LogP contribution in [-0.4, -0.2) is 43.3 Å². The highest BCUT2D eigenvalue weighted by atomic mass is 35.5. The van der Waals surface area contributed by atoms with Crippen LogP contribution in [0.25, 0.3) is 0 Å². The Kier molecular flexibility index (Phi) is 10.3.